The van der Waals surface area contributed by atoms with Crippen molar-refractivity contribution in [3.05, 3.63) is 23.7 Å². The van der Waals surface area contributed by atoms with Gasteiger partial charge in [0.2, 0.25) is 0 Å². The van der Waals surface area contributed by atoms with Crippen LogP contribution in [0.3, 0.4) is 0 Å². The van der Waals surface area contributed by atoms with Gasteiger partial charge in [-0.05, 0) is 51.3 Å². The lowest BCUT2D eigenvalue weighted by molar-refractivity contribution is 0.00829. The van der Waals surface area contributed by atoms with Crippen LogP contribution in [0, 0.1) is 0 Å². The van der Waals surface area contributed by atoms with Gasteiger partial charge in [0.05, 0.1) is 12.1 Å². The molecule has 0 amide bonds. The Hall–Kier alpha value is -0.840. The third-order valence-corrected chi connectivity index (χ3v) is 3.71. The molecule has 1 N–H and O–H groups in total. The van der Waals surface area contributed by atoms with Gasteiger partial charge in [-0.1, -0.05) is 0 Å². The first-order valence-corrected chi connectivity index (χ1v) is 7.20. The van der Waals surface area contributed by atoms with Gasteiger partial charge >= 0.3 is 0 Å². The second-order valence-electron chi connectivity index (χ2n) is 5.14. The molecule has 4 heteroatoms. The number of hydrogen-bond donors (Lipinski definition) is 1. The van der Waals surface area contributed by atoms with E-state index in [4.69, 9.17) is 13.9 Å². The zero-order valence-corrected chi connectivity index (χ0v) is 12.0. The summed E-state index contributed by atoms with van der Waals surface area (Å²) >= 11 is 0. The van der Waals surface area contributed by atoms with Gasteiger partial charge in [-0.25, -0.2) is 0 Å². The van der Waals surface area contributed by atoms with Gasteiger partial charge in [0, 0.05) is 13.7 Å². The fraction of sp³-hybridized carbons (Fsp3) is 0.733. The zero-order chi connectivity index (χ0) is 13.5. The first kappa shape index (κ1) is 14.6. The van der Waals surface area contributed by atoms with Crippen LogP contribution in [-0.4, -0.2) is 26.9 Å². The minimum atomic E-state index is 0.260. The topological polar surface area (TPSA) is 43.6 Å². The van der Waals surface area contributed by atoms with E-state index >= 15 is 0 Å². The molecular formula is C15H25NO3. The predicted molar refractivity (Wildman–Crippen MR) is 74.0 cm³/mol. The highest BCUT2D eigenvalue weighted by molar-refractivity contribution is 5.10. The SMILES string of the molecule is CNC(CCC1CCCCO1)c1ccc(COC)o1. The van der Waals surface area contributed by atoms with Gasteiger partial charge in [-0.15, -0.1) is 0 Å². The average molecular weight is 267 g/mol. The van der Waals surface area contributed by atoms with E-state index in [-0.39, 0.29) is 6.04 Å². The van der Waals surface area contributed by atoms with Crippen molar-refractivity contribution < 1.29 is 13.9 Å². The highest BCUT2D eigenvalue weighted by Gasteiger charge is 2.19. The molecule has 1 aliphatic heterocycles. The summed E-state index contributed by atoms with van der Waals surface area (Å²) in [6, 6.07) is 4.29. The summed E-state index contributed by atoms with van der Waals surface area (Å²) in [5.74, 6) is 1.87. The van der Waals surface area contributed by atoms with E-state index in [1.165, 1.54) is 19.3 Å². The van der Waals surface area contributed by atoms with Crippen LogP contribution in [0.25, 0.3) is 0 Å². The van der Waals surface area contributed by atoms with Gasteiger partial charge in [0.15, 0.2) is 0 Å². The van der Waals surface area contributed by atoms with Crippen LogP contribution < -0.4 is 5.32 Å². The summed E-state index contributed by atoms with van der Waals surface area (Å²) in [6.45, 7) is 1.45. The van der Waals surface area contributed by atoms with E-state index < -0.39 is 0 Å². The molecule has 1 aromatic rings. The summed E-state index contributed by atoms with van der Waals surface area (Å²) in [5, 5.41) is 3.32. The molecule has 1 aliphatic rings. The first-order chi connectivity index (χ1) is 9.33. The number of furan rings is 1. The Kier molecular flexibility index (Phi) is 5.89. The molecule has 2 heterocycles. The van der Waals surface area contributed by atoms with Crippen molar-refractivity contribution in [1.29, 1.82) is 0 Å². The van der Waals surface area contributed by atoms with E-state index in [0.717, 1.165) is 31.0 Å². The van der Waals surface area contributed by atoms with Crippen molar-refractivity contribution in [2.45, 2.75) is 50.9 Å². The molecule has 0 bridgehead atoms. The number of nitrogens with one attached hydrogen (secondary N) is 1. The predicted octanol–water partition coefficient (Wildman–Crippen LogP) is 3.04. The average Bonchev–Trinajstić information content (AvgIpc) is 2.90. The lowest BCUT2D eigenvalue weighted by atomic mass is 10.0. The van der Waals surface area contributed by atoms with Crippen LogP contribution in [0.2, 0.25) is 0 Å². The Morgan fingerprint density at radius 3 is 3.00 bits per heavy atom. The lowest BCUT2D eigenvalue weighted by Crippen LogP contribution is -2.22. The van der Waals surface area contributed by atoms with Gasteiger partial charge in [0.25, 0.3) is 0 Å². The van der Waals surface area contributed by atoms with Crippen molar-refractivity contribution in [2.75, 3.05) is 20.8 Å². The first-order valence-electron chi connectivity index (χ1n) is 7.20. The standard InChI is InChI=1S/C15H25NO3/c1-16-14(8-6-12-5-3-4-10-18-12)15-9-7-13(19-15)11-17-2/h7,9,12,14,16H,3-6,8,10-11H2,1-2H3. The van der Waals surface area contributed by atoms with E-state index in [9.17, 15) is 0 Å². The summed E-state index contributed by atoms with van der Waals surface area (Å²) in [6.07, 6.45) is 6.27. The largest absolute Gasteiger partial charge is 0.462 e. The maximum Gasteiger partial charge on any atom is 0.129 e. The maximum absolute atomic E-state index is 5.79. The molecule has 1 fully saturated rings. The van der Waals surface area contributed by atoms with Crippen LogP contribution in [0.5, 0.6) is 0 Å². The summed E-state index contributed by atoms with van der Waals surface area (Å²) in [4.78, 5) is 0. The number of hydrogen-bond acceptors (Lipinski definition) is 4. The molecule has 2 unspecified atom stereocenters. The number of methoxy groups -OCH3 is 1. The fourth-order valence-corrected chi connectivity index (χ4v) is 2.62. The number of ether oxygens (including phenoxy) is 2. The van der Waals surface area contributed by atoms with Gasteiger partial charge in [-0.3, -0.25) is 0 Å². The fourth-order valence-electron chi connectivity index (χ4n) is 2.62. The maximum atomic E-state index is 5.79. The molecule has 108 valence electrons. The van der Waals surface area contributed by atoms with E-state index in [0.29, 0.717) is 12.7 Å². The Morgan fingerprint density at radius 2 is 2.32 bits per heavy atom. The van der Waals surface area contributed by atoms with Crippen molar-refractivity contribution >= 4 is 0 Å². The minimum Gasteiger partial charge on any atom is -0.462 e. The van der Waals surface area contributed by atoms with Gasteiger partial charge in [-0.2, -0.15) is 0 Å². The molecule has 2 atom stereocenters. The van der Waals surface area contributed by atoms with Crippen LogP contribution in [0.1, 0.15) is 49.7 Å². The Labute approximate surface area is 115 Å². The van der Waals surface area contributed by atoms with Crippen LogP contribution in [0.4, 0.5) is 0 Å². The van der Waals surface area contributed by atoms with Gasteiger partial charge in [0.1, 0.15) is 18.1 Å². The highest BCUT2D eigenvalue weighted by Crippen LogP contribution is 2.25. The second-order valence-corrected chi connectivity index (χ2v) is 5.14. The molecule has 19 heavy (non-hydrogen) atoms. The quantitative estimate of drug-likeness (QED) is 0.824. The van der Waals surface area contributed by atoms with Gasteiger partial charge < -0.3 is 19.2 Å². The van der Waals surface area contributed by atoms with Crippen LogP contribution in [-0.2, 0) is 16.1 Å². The number of rotatable bonds is 7. The minimum absolute atomic E-state index is 0.260. The molecule has 2 rings (SSSR count). The Balaban J connectivity index is 1.84. The Morgan fingerprint density at radius 1 is 1.42 bits per heavy atom. The molecule has 0 aromatic carbocycles. The molecule has 0 radical (unpaired) electrons. The monoisotopic (exact) mass is 267 g/mol. The van der Waals surface area contributed by atoms with E-state index in [1.54, 1.807) is 7.11 Å². The molecule has 4 nitrogen and oxygen atoms in total. The highest BCUT2D eigenvalue weighted by atomic mass is 16.5. The third kappa shape index (κ3) is 4.34. The Bertz CT molecular complexity index is 358. The van der Waals surface area contributed by atoms with E-state index in [2.05, 4.69) is 5.32 Å². The van der Waals surface area contributed by atoms with E-state index in [1.807, 2.05) is 19.2 Å². The normalized spacial score (nSPS) is 21.5. The van der Waals surface area contributed by atoms with Crippen molar-refractivity contribution in [3.8, 4) is 0 Å². The van der Waals surface area contributed by atoms with Crippen LogP contribution >= 0.6 is 0 Å². The summed E-state index contributed by atoms with van der Waals surface area (Å²) < 4.78 is 16.6. The molecule has 0 saturated carbocycles. The van der Waals surface area contributed by atoms with Crippen molar-refractivity contribution in [1.82, 2.24) is 5.32 Å². The summed E-state index contributed by atoms with van der Waals surface area (Å²) in [7, 11) is 3.66. The van der Waals surface area contributed by atoms with Crippen molar-refractivity contribution in [2.24, 2.45) is 0 Å². The smallest absolute Gasteiger partial charge is 0.129 e. The molecule has 0 aliphatic carbocycles. The summed E-state index contributed by atoms with van der Waals surface area (Å²) in [5.41, 5.74) is 0. The second kappa shape index (κ2) is 7.68. The molecular weight excluding hydrogens is 242 g/mol. The molecule has 1 aromatic heterocycles. The molecule has 0 spiro atoms. The zero-order valence-electron chi connectivity index (χ0n) is 12.0. The van der Waals surface area contributed by atoms with Crippen LogP contribution in [0.15, 0.2) is 16.5 Å². The van der Waals surface area contributed by atoms with Crippen molar-refractivity contribution in [3.63, 3.8) is 0 Å². The molecule has 1 saturated heterocycles. The third-order valence-electron chi connectivity index (χ3n) is 3.71. The lowest BCUT2D eigenvalue weighted by Gasteiger charge is -2.24.